The number of rotatable bonds is 3. The van der Waals surface area contributed by atoms with E-state index in [1.807, 2.05) is 54.0 Å². The molecule has 4 heteroatoms. The number of fused-ring (bicyclic) bond motifs is 1. The van der Waals surface area contributed by atoms with Crippen LogP contribution >= 0.6 is 0 Å². The predicted octanol–water partition coefficient (Wildman–Crippen LogP) is 4.24. The van der Waals surface area contributed by atoms with Crippen LogP contribution < -0.4 is 0 Å². The first-order valence-corrected chi connectivity index (χ1v) is 9.08. The summed E-state index contributed by atoms with van der Waals surface area (Å²) in [6.07, 6.45) is 6.94. The molecular weight excluding hydrogens is 322 g/mol. The first kappa shape index (κ1) is 16.6. The number of aryl methyl sites for hydroxylation is 2. The van der Waals surface area contributed by atoms with Gasteiger partial charge in [-0.05, 0) is 42.5 Å². The second-order valence-electron chi connectivity index (χ2n) is 6.96. The summed E-state index contributed by atoms with van der Waals surface area (Å²) < 4.78 is 1.97. The minimum absolute atomic E-state index is 0.0677. The summed E-state index contributed by atoms with van der Waals surface area (Å²) in [7, 11) is 3.89. The van der Waals surface area contributed by atoms with E-state index in [0.717, 1.165) is 30.7 Å². The van der Waals surface area contributed by atoms with Crippen LogP contribution in [0.5, 0.6) is 0 Å². The first-order valence-electron chi connectivity index (χ1n) is 9.08. The zero-order chi connectivity index (χ0) is 18.1. The summed E-state index contributed by atoms with van der Waals surface area (Å²) in [5.74, 6) is 0.969. The lowest BCUT2D eigenvalue weighted by atomic mass is 9.87. The molecule has 0 aliphatic heterocycles. The standard InChI is InChI=1S/C22H23N3O/c1-24-15-14-23-21(24)17-10-12-18(13-11-17)22(26)25(2)20-9-5-7-16-6-3-4-8-19(16)20/h3-4,6,8,10-15,20H,5,7,9H2,1-2H3. The molecule has 0 fully saturated rings. The quantitative estimate of drug-likeness (QED) is 0.712. The molecule has 2 aromatic carbocycles. The molecule has 0 N–H and O–H groups in total. The van der Waals surface area contributed by atoms with E-state index >= 15 is 0 Å². The number of hydrogen-bond acceptors (Lipinski definition) is 2. The van der Waals surface area contributed by atoms with E-state index in [9.17, 15) is 4.79 Å². The zero-order valence-corrected chi connectivity index (χ0v) is 15.2. The molecule has 1 amide bonds. The van der Waals surface area contributed by atoms with E-state index in [1.165, 1.54) is 11.1 Å². The Balaban J connectivity index is 1.57. The third-order valence-corrected chi connectivity index (χ3v) is 5.34. The van der Waals surface area contributed by atoms with Gasteiger partial charge in [-0.2, -0.15) is 0 Å². The van der Waals surface area contributed by atoms with E-state index in [2.05, 4.69) is 29.2 Å². The minimum atomic E-state index is 0.0677. The van der Waals surface area contributed by atoms with Crippen molar-refractivity contribution in [3.63, 3.8) is 0 Å². The van der Waals surface area contributed by atoms with Gasteiger partial charge in [-0.1, -0.05) is 36.4 Å². The van der Waals surface area contributed by atoms with Crippen LogP contribution in [-0.2, 0) is 13.5 Å². The van der Waals surface area contributed by atoms with Crippen molar-refractivity contribution >= 4 is 5.91 Å². The second-order valence-corrected chi connectivity index (χ2v) is 6.96. The molecule has 1 aliphatic carbocycles. The maximum atomic E-state index is 13.0. The number of imidazole rings is 1. The normalized spacial score (nSPS) is 16.2. The molecule has 1 aliphatic rings. The molecule has 0 radical (unpaired) electrons. The molecule has 4 rings (SSSR count). The average molecular weight is 345 g/mol. The lowest BCUT2D eigenvalue weighted by molar-refractivity contribution is 0.0715. The van der Waals surface area contributed by atoms with Gasteiger partial charge in [-0.15, -0.1) is 0 Å². The Labute approximate surface area is 154 Å². The van der Waals surface area contributed by atoms with Crippen LogP contribution in [0.25, 0.3) is 11.4 Å². The van der Waals surface area contributed by atoms with Crippen molar-refractivity contribution in [2.45, 2.75) is 25.3 Å². The van der Waals surface area contributed by atoms with Crippen molar-refractivity contribution in [1.82, 2.24) is 14.5 Å². The lowest BCUT2D eigenvalue weighted by Gasteiger charge is -2.33. The maximum Gasteiger partial charge on any atom is 0.254 e. The van der Waals surface area contributed by atoms with Crippen LogP contribution in [0.15, 0.2) is 60.9 Å². The van der Waals surface area contributed by atoms with Gasteiger partial charge < -0.3 is 9.47 Å². The Kier molecular flexibility index (Phi) is 4.33. The molecule has 0 bridgehead atoms. The van der Waals surface area contributed by atoms with Gasteiger partial charge in [0.15, 0.2) is 0 Å². The predicted molar refractivity (Wildman–Crippen MR) is 103 cm³/mol. The van der Waals surface area contributed by atoms with Crippen molar-refractivity contribution in [2.24, 2.45) is 7.05 Å². The number of carbonyl (C=O) groups is 1. The fourth-order valence-corrected chi connectivity index (χ4v) is 3.88. The van der Waals surface area contributed by atoms with E-state index in [0.29, 0.717) is 5.56 Å². The van der Waals surface area contributed by atoms with Gasteiger partial charge in [0.2, 0.25) is 0 Å². The molecule has 4 nitrogen and oxygen atoms in total. The highest BCUT2D eigenvalue weighted by Gasteiger charge is 2.27. The lowest BCUT2D eigenvalue weighted by Crippen LogP contribution is -2.33. The molecule has 0 saturated heterocycles. The highest BCUT2D eigenvalue weighted by atomic mass is 16.2. The summed E-state index contributed by atoms with van der Waals surface area (Å²) in [6, 6.07) is 16.4. The summed E-state index contributed by atoms with van der Waals surface area (Å²) in [6.45, 7) is 0. The number of aromatic nitrogens is 2. The topological polar surface area (TPSA) is 38.1 Å². The minimum Gasteiger partial charge on any atom is -0.335 e. The number of hydrogen-bond donors (Lipinski definition) is 0. The van der Waals surface area contributed by atoms with Gasteiger partial charge in [0.05, 0.1) is 6.04 Å². The van der Waals surface area contributed by atoms with Gasteiger partial charge in [0.25, 0.3) is 5.91 Å². The molecule has 1 heterocycles. The van der Waals surface area contributed by atoms with Gasteiger partial charge in [-0.25, -0.2) is 4.98 Å². The van der Waals surface area contributed by atoms with Gasteiger partial charge in [-0.3, -0.25) is 4.79 Å². The van der Waals surface area contributed by atoms with Crippen molar-refractivity contribution < 1.29 is 4.79 Å². The zero-order valence-electron chi connectivity index (χ0n) is 15.2. The maximum absolute atomic E-state index is 13.0. The van der Waals surface area contributed by atoms with Crippen LogP contribution in [-0.4, -0.2) is 27.4 Å². The van der Waals surface area contributed by atoms with Crippen LogP contribution in [0, 0.1) is 0 Å². The fourth-order valence-electron chi connectivity index (χ4n) is 3.88. The number of carbonyl (C=O) groups excluding carboxylic acids is 1. The molecule has 1 aromatic heterocycles. The highest BCUT2D eigenvalue weighted by molar-refractivity contribution is 5.94. The molecule has 3 aromatic rings. The molecule has 0 spiro atoms. The Morgan fingerprint density at radius 1 is 1.15 bits per heavy atom. The third kappa shape index (κ3) is 2.92. The number of nitrogens with zero attached hydrogens (tertiary/aromatic N) is 3. The van der Waals surface area contributed by atoms with Crippen molar-refractivity contribution in [2.75, 3.05) is 7.05 Å². The average Bonchev–Trinajstić information content (AvgIpc) is 3.12. The highest BCUT2D eigenvalue weighted by Crippen LogP contribution is 2.34. The Hall–Kier alpha value is -2.88. The summed E-state index contributed by atoms with van der Waals surface area (Å²) in [5.41, 5.74) is 4.39. The van der Waals surface area contributed by atoms with Gasteiger partial charge >= 0.3 is 0 Å². The van der Waals surface area contributed by atoms with Gasteiger partial charge in [0, 0.05) is 37.6 Å². The Morgan fingerprint density at radius 3 is 2.65 bits per heavy atom. The summed E-state index contributed by atoms with van der Waals surface area (Å²) in [4.78, 5) is 19.3. The SMILES string of the molecule is CN(C(=O)c1ccc(-c2nccn2C)cc1)C1CCCc2ccccc21. The third-order valence-electron chi connectivity index (χ3n) is 5.34. The number of benzene rings is 2. The summed E-state index contributed by atoms with van der Waals surface area (Å²) >= 11 is 0. The molecule has 0 saturated carbocycles. The van der Waals surface area contributed by atoms with Crippen LogP contribution in [0.1, 0.15) is 40.4 Å². The van der Waals surface area contributed by atoms with E-state index < -0.39 is 0 Å². The first-order chi connectivity index (χ1) is 12.6. The van der Waals surface area contributed by atoms with E-state index in [1.54, 1.807) is 6.20 Å². The molecule has 26 heavy (non-hydrogen) atoms. The monoisotopic (exact) mass is 345 g/mol. The van der Waals surface area contributed by atoms with Crippen LogP contribution in [0.2, 0.25) is 0 Å². The molecular formula is C22H23N3O. The Morgan fingerprint density at radius 2 is 1.92 bits per heavy atom. The van der Waals surface area contributed by atoms with Crippen molar-refractivity contribution in [3.05, 3.63) is 77.6 Å². The molecule has 1 atom stereocenters. The molecule has 1 unspecified atom stereocenters. The molecule has 132 valence electrons. The van der Waals surface area contributed by atoms with Crippen LogP contribution in [0.3, 0.4) is 0 Å². The fraction of sp³-hybridized carbons (Fsp3) is 0.273. The largest absolute Gasteiger partial charge is 0.335 e. The van der Waals surface area contributed by atoms with Gasteiger partial charge in [0.1, 0.15) is 5.82 Å². The smallest absolute Gasteiger partial charge is 0.254 e. The van der Waals surface area contributed by atoms with Crippen LogP contribution in [0.4, 0.5) is 0 Å². The van der Waals surface area contributed by atoms with Crippen molar-refractivity contribution in [3.8, 4) is 11.4 Å². The van der Waals surface area contributed by atoms with E-state index in [-0.39, 0.29) is 11.9 Å². The van der Waals surface area contributed by atoms with E-state index in [4.69, 9.17) is 0 Å². The number of amides is 1. The Bertz CT molecular complexity index is 927. The second kappa shape index (κ2) is 6.79. The summed E-state index contributed by atoms with van der Waals surface area (Å²) in [5, 5.41) is 0. The van der Waals surface area contributed by atoms with Crippen molar-refractivity contribution in [1.29, 1.82) is 0 Å².